The summed E-state index contributed by atoms with van der Waals surface area (Å²) in [6.45, 7) is 4.37. The Bertz CT molecular complexity index is 545. The fourth-order valence-electron chi connectivity index (χ4n) is 2.44. The van der Waals surface area contributed by atoms with Gasteiger partial charge in [0.25, 0.3) is 0 Å². The lowest BCUT2D eigenvalue weighted by atomic mass is 9.88. The van der Waals surface area contributed by atoms with Crippen molar-refractivity contribution in [2.24, 2.45) is 10.7 Å². The molecule has 1 heterocycles. The van der Waals surface area contributed by atoms with Gasteiger partial charge < -0.3 is 10.5 Å². The van der Waals surface area contributed by atoms with Crippen molar-refractivity contribution >= 4 is 22.9 Å². The van der Waals surface area contributed by atoms with Crippen molar-refractivity contribution < 1.29 is 9.53 Å². The Labute approximate surface area is 130 Å². The number of carbonyl (C=O) groups is 1. The van der Waals surface area contributed by atoms with Crippen LogP contribution in [0.15, 0.2) is 29.3 Å². The van der Waals surface area contributed by atoms with E-state index < -0.39 is 0 Å². The van der Waals surface area contributed by atoms with E-state index in [9.17, 15) is 4.79 Å². The van der Waals surface area contributed by atoms with Gasteiger partial charge in [-0.1, -0.05) is 36.0 Å². The van der Waals surface area contributed by atoms with Gasteiger partial charge in [-0.25, -0.2) is 0 Å². The molecule has 0 spiro atoms. The molecule has 4 nitrogen and oxygen atoms in total. The van der Waals surface area contributed by atoms with Gasteiger partial charge in [-0.2, -0.15) is 0 Å². The zero-order chi connectivity index (χ0) is 15.3. The van der Waals surface area contributed by atoms with Gasteiger partial charge >= 0.3 is 5.97 Å². The van der Waals surface area contributed by atoms with Gasteiger partial charge in [0.05, 0.1) is 12.1 Å². The topological polar surface area (TPSA) is 64.7 Å². The molecule has 1 unspecified atom stereocenters. The summed E-state index contributed by atoms with van der Waals surface area (Å²) in [4.78, 5) is 16.1. The second-order valence-electron chi connectivity index (χ2n) is 5.33. The molecule has 114 valence electrons. The highest BCUT2D eigenvalue weighted by molar-refractivity contribution is 8.13. The first-order valence-corrected chi connectivity index (χ1v) is 8.25. The van der Waals surface area contributed by atoms with Crippen LogP contribution in [0.5, 0.6) is 0 Å². The standard InChI is InChI=1S/C16H22N2O2S/c1-3-20-14(19)8-7-12-5-4-6-13(11-12)16(2)9-10-21-15(17)18-16/h4-6,11H,3,7-10H2,1-2H3,(H2,17,18). The van der Waals surface area contributed by atoms with Crippen LogP contribution in [0.2, 0.25) is 0 Å². The second kappa shape index (κ2) is 6.98. The first-order valence-electron chi connectivity index (χ1n) is 7.26. The highest BCUT2D eigenvalue weighted by Crippen LogP contribution is 2.35. The number of thioether (sulfide) groups is 1. The van der Waals surface area contributed by atoms with Crippen LogP contribution in [0.3, 0.4) is 0 Å². The number of hydrogen-bond acceptors (Lipinski definition) is 5. The number of esters is 1. The predicted octanol–water partition coefficient (Wildman–Crippen LogP) is 2.85. The van der Waals surface area contributed by atoms with E-state index in [4.69, 9.17) is 10.5 Å². The lowest BCUT2D eigenvalue weighted by Gasteiger charge is -2.30. The van der Waals surface area contributed by atoms with Crippen LogP contribution < -0.4 is 5.73 Å². The van der Waals surface area contributed by atoms with Crippen molar-refractivity contribution in [2.75, 3.05) is 12.4 Å². The minimum atomic E-state index is -0.255. The molecule has 21 heavy (non-hydrogen) atoms. The molecule has 0 saturated heterocycles. The third-order valence-electron chi connectivity index (χ3n) is 3.67. The molecular formula is C16H22N2O2S. The molecule has 2 N–H and O–H groups in total. The van der Waals surface area contributed by atoms with Crippen molar-refractivity contribution in [3.05, 3.63) is 35.4 Å². The number of rotatable bonds is 5. The first kappa shape index (κ1) is 15.9. The average Bonchev–Trinajstić information content (AvgIpc) is 2.46. The zero-order valence-corrected chi connectivity index (χ0v) is 13.4. The second-order valence-corrected chi connectivity index (χ2v) is 6.44. The Hall–Kier alpha value is -1.49. The SMILES string of the molecule is CCOC(=O)CCc1cccc(C2(C)CCSC(N)=N2)c1. The Morgan fingerprint density at radius 1 is 1.52 bits per heavy atom. The van der Waals surface area contributed by atoms with Gasteiger partial charge in [-0.15, -0.1) is 0 Å². The van der Waals surface area contributed by atoms with E-state index in [1.54, 1.807) is 11.8 Å². The summed E-state index contributed by atoms with van der Waals surface area (Å²) in [5, 5.41) is 0.653. The van der Waals surface area contributed by atoms with Crippen LogP contribution in [-0.2, 0) is 21.5 Å². The summed E-state index contributed by atoms with van der Waals surface area (Å²) >= 11 is 1.61. The largest absolute Gasteiger partial charge is 0.466 e. The molecule has 5 heteroatoms. The molecule has 0 amide bonds. The molecule has 1 atom stereocenters. The summed E-state index contributed by atoms with van der Waals surface area (Å²) < 4.78 is 4.96. The number of aliphatic imine (C=N–C) groups is 1. The number of carbonyl (C=O) groups excluding carboxylic acids is 1. The number of aryl methyl sites for hydroxylation is 1. The Kier molecular flexibility index (Phi) is 5.28. The zero-order valence-electron chi connectivity index (χ0n) is 12.6. The van der Waals surface area contributed by atoms with E-state index in [2.05, 4.69) is 24.0 Å². The minimum absolute atomic E-state index is 0.148. The fourth-order valence-corrected chi connectivity index (χ4v) is 3.41. The van der Waals surface area contributed by atoms with Crippen LogP contribution in [-0.4, -0.2) is 23.5 Å². The summed E-state index contributed by atoms with van der Waals surface area (Å²) in [6, 6.07) is 8.28. The smallest absolute Gasteiger partial charge is 0.306 e. The van der Waals surface area contributed by atoms with Crippen molar-refractivity contribution in [3.63, 3.8) is 0 Å². The number of hydrogen-bond donors (Lipinski definition) is 1. The van der Waals surface area contributed by atoms with E-state index in [0.29, 0.717) is 24.6 Å². The number of benzene rings is 1. The van der Waals surface area contributed by atoms with Crippen LogP contribution >= 0.6 is 11.8 Å². The van der Waals surface area contributed by atoms with E-state index in [1.165, 1.54) is 0 Å². The molecule has 0 bridgehead atoms. The number of ether oxygens (including phenoxy) is 1. The molecule has 1 aliphatic rings. The molecule has 0 fully saturated rings. The predicted molar refractivity (Wildman–Crippen MR) is 87.4 cm³/mol. The van der Waals surface area contributed by atoms with Crippen LogP contribution in [0.25, 0.3) is 0 Å². The van der Waals surface area contributed by atoms with Crippen molar-refractivity contribution in [1.82, 2.24) is 0 Å². The average molecular weight is 306 g/mol. The van der Waals surface area contributed by atoms with Gasteiger partial charge in [0.1, 0.15) is 0 Å². The maximum absolute atomic E-state index is 11.4. The Morgan fingerprint density at radius 3 is 3.05 bits per heavy atom. The van der Waals surface area contributed by atoms with E-state index >= 15 is 0 Å². The van der Waals surface area contributed by atoms with Crippen molar-refractivity contribution in [2.45, 2.75) is 38.6 Å². The highest BCUT2D eigenvalue weighted by atomic mass is 32.2. The molecule has 0 aromatic heterocycles. The Balaban J connectivity index is 2.10. The number of amidine groups is 1. The minimum Gasteiger partial charge on any atom is -0.466 e. The van der Waals surface area contributed by atoms with Crippen LogP contribution in [0, 0.1) is 0 Å². The van der Waals surface area contributed by atoms with E-state index in [0.717, 1.165) is 23.3 Å². The summed E-state index contributed by atoms with van der Waals surface area (Å²) in [5.41, 5.74) is 7.91. The first-order chi connectivity index (χ1) is 10.0. The highest BCUT2D eigenvalue weighted by Gasteiger charge is 2.29. The summed E-state index contributed by atoms with van der Waals surface area (Å²) in [5.74, 6) is 0.837. The van der Waals surface area contributed by atoms with Gasteiger partial charge in [0, 0.05) is 12.2 Å². The lowest BCUT2D eigenvalue weighted by Crippen LogP contribution is -2.28. The molecule has 1 aliphatic heterocycles. The third kappa shape index (κ3) is 4.24. The van der Waals surface area contributed by atoms with Gasteiger partial charge in [-0.05, 0) is 37.8 Å². The molecule has 0 radical (unpaired) electrons. The molecular weight excluding hydrogens is 284 g/mol. The maximum Gasteiger partial charge on any atom is 0.306 e. The quantitative estimate of drug-likeness (QED) is 0.850. The third-order valence-corrected chi connectivity index (χ3v) is 4.46. The number of nitrogens with zero attached hydrogens (tertiary/aromatic N) is 1. The summed E-state index contributed by atoms with van der Waals surface area (Å²) in [7, 11) is 0. The lowest BCUT2D eigenvalue weighted by molar-refractivity contribution is -0.143. The van der Waals surface area contributed by atoms with Crippen LogP contribution in [0.1, 0.15) is 37.8 Å². The normalized spacial score (nSPS) is 21.7. The molecule has 1 aromatic rings. The fraction of sp³-hybridized carbons (Fsp3) is 0.500. The van der Waals surface area contributed by atoms with Gasteiger partial charge in [0.15, 0.2) is 5.17 Å². The number of nitrogens with two attached hydrogens (primary N) is 1. The van der Waals surface area contributed by atoms with Gasteiger partial charge in [-0.3, -0.25) is 9.79 Å². The van der Waals surface area contributed by atoms with E-state index in [1.807, 2.05) is 19.1 Å². The monoisotopic (exact) mass is 306 g/mol. The molecule has 2 rings (SSSR count). The molecule has 1 aromatic carbocycles. The summed E-state index contributed by atoms with van der Waals surface area (Å²) in [6.07, 6.45) is 2.08. The van der Waals surface area contributed by atoms with Crippen molar-refractivity contribution in [3.8, 4) is 0 Å². The van der Waals surface area contributed by atoms with Crippen molar-refractivity contribution in [1.29, 1.82) is 0 Å². The maximum atomic E-state index is 11.4. The molecule has 0 aliphatic carbocycles. The van der Waals surface area contributed by atoms with Gasteiger partial charge in [0.2, 0.25) is 0 Å². The van der Waals surface area contributed by atoms with E-state index in [-0.39, 0.29) is 11.5 Å². The van der Waals surface area contributed by atoms with Crippen LogP contribution in [0.4, 0.5) is 0 Å². The molecule has 0 saturated carbocycles. The Morgan fingerprint density at radius 2 is 2.33 bits per heavy atom.